The molecule has 0 aromatic heterocycles. The van der Waals surface area contributed by atoms with Crippen molar-refractivity contribution >= 4 is 5.91 Å². The van der Waals surface area contributed by atoms with E-state index in [1.807, 2.05) is 6.07 Å². The molecule has 0 spiro atoms. The number of nitrogens with zero attached hydrogens (tertiary/aromatic N) is 1. The number of hydrogen-bond acceptors (Lipinski definition) is 4. The summed E-state index contributed by atoms with van der Waals surface area (Å²) in [6.07, 6.45) is -3.91. The molecule has 5 nitrogen and oxygen atoms in total. The standard InChI is InChI=1S/C17H22F3N3O2/c18-17(19,20)15(23-8-6-21-7-9-23)11-22-16(24)13-5-10-25-14-4-2-1-3-12(13)14/h1-4,13,15,21H,5-11H2,(H,22,24). The predicted molar refractivity (Wildman–Crippen MR) is 86.6 cm³/mol. The molecule has 2 N–H and O–H groups in total. The van der Waals surface area contributed by atoms with Gasteiger partial charge in [-0.25, -0.2) is 0 Å². The van der Waals surface area contributed by atoms with Crippen LogP contribution in [0.1, 0.15) is 17.9 Å². The van der Waals surface area contributed by atoms with Gasteiger partial charge in [0, 0.05) is 38.3 Å². The number of ether oxygens (including phenoxy) is 1. The van der Waals surface area contributed by atoms with E-state index in [4.69, 9.17) is 4.74 Å². The molecule has 2 heterocycles. The van der Waals surface area contributed by atoms with Crippen molar-refractivity contribution in [3.63, 3.8) is 0 Å². The molecule has 2 aliphatic rings. The summed E-state index contributed by atoms with van der Waals surface area (Å²) in [6, 6.07) is 5.51. The molecular weight excluding hydrogens is 335 g/mol. The first kappa shape index (κ1) is 18.0. The number of benzene rings is 1. The number of fused-ring (bicyclic) bond motifs is 1. The minimum Gasteiger partial charge on any atom is -0.493 e. The van der Waals surface area contributed by atoms with Gasteiger partial charge in [0.15, 0.2) is 0 Å². The van der Waals surface area contributed by atoms with E-state index in [0.29, 0.717) is 45.0 Å². The number of halogens is 3. The van der Waals surface area contributed by atoms with Crippen molar-refractivity contribution in [3.8, 4) is 5.75 Å². The smallest absolute Gasteiger partial charge is 0.405 e. The molecule has 0 aliphatic carbocycles. The molecule has 2 unspecified atom stereocenters. The van der Waals surface area contributed by atoms with Crippen LogP contribution in [0.2, 0.25) is 0 Å². The third kappa shape index (κ3) is 4.24. The molecule has 2 atom stereocenters. The summed E-state index contributed by atoms with van der Waals surface area (Å²) in [5.41, 5.74) is 0.733. The van der Waals surface area contributed by atoms with Gasteiger partial charge in [-0.05, 0) is 12.5 Å². The molecule has 1 saturated heterocycles. The van der Waals surface area contributed by atoms with Crippen molar-refractivity contribution in [1.29, 1.82) is 0 Å². The first-order valence-electron chi connectivity index (χ1n) is 8.48. The Morgan fingerprint density at radius 2 is 2.04 bits per heavy atom. The van der Waals surface area contributed by atoms with Crippen LogP contribution < -0.4 is 15.4 Å². The molecule has 1 amide bonds. The van der Waals surface area contributed by atoms with Crippen LogP contribution in [-0.4, -0.2) is 62.4 Å². The summed E-state index contributed by atoms with van der Waals surface area (Å²) in [5, 5.41) is 5.56. The fourth-order valence-electron chi connectivity index (χ4n) is 3.38. The number of amides is 1. The lowest BCUT2D eigenvalue weighted by Crippen LogP contribution is -2.57. The van der Waals surface area contributed by atoms with Gasteiger partial charge in [-0.3, -0.25) is 9.69 Å². The molecule has 3 rings (SSSR count). The maximum atomic E-state index is 13.4. The Hall–Kier alpha value is -1.80. The van der Waals surface area contributed by atoms with Gasteiger partial charge < -0.3 is 15.4 Å². The van der Waals surface area contributed by atoms with Crippen LogP contribution in [0.15, 0.2) is 24.3 Å². The molecule has 1 fully saturated rings. The first-order chi connectivity index (χ1) is 12.0. The van der Waals surface area contributed by atoms with Gasteiger partial charge in [-0.15, -0.1) is 0 Å². The van der Waals surface area contributed by atoms with Gasteiger partial charge in [0.1, 0.15) is 11.8 Å². The summed E-state index contributed by atoms with van der Waals surface area (Å²) < 4.78 is 45.7. The van der Waals surface area contributed by atoms with Gasteiger partial charge in [0.25, 0.3) is 0 Å². The van der Waals surface area contributed by atoms with Crippen molar-refractivity contribution in [2.24, 2.45) is 0 Å². The van der Waals surface area contributed by atoms with E-state index in [1.54, 1.807) is 18.2 Å². The number of carbonyl (C=O) groups excluding carboxylic acids is 1. The number of nitrogens with one attached hydrogen (secondary N) is 2. The SMILES string of the molecule is O=C(NCC(N1CCNCC1)C(F)(F)F)C1CCOc2ccccc21. The molecule has 8 heteroatoms. The highest BCUT2D eigenvalue weighted by atomic mass is 19.4. The Morgan fingerprint density at radius 1 is 1.32 bits per heavy atom. The maximum absolute atomic E-state index is 13.4. The highest BCUT2D eigenvalue weighted by Crippen LogP contribution is 2.33. The zero-order chi connectivity index (χ0) is 17.9. The number of carbonyl (C=O) groups is 1. The monoisotopic (exact) mass is 357 g/mol. The Kier molecular flexibility index (Phi) is 5.48. The number of alkyl halides is 3. The third-order valence-electron chi connectivity index (χ3n) is 4.71. The van der Waals surface area contributed by atoms with Gasteiger partial charge in [0.2, 0.25) is 5.91 Å². The Bertz CT molecular complexity index is 603. The van der Waals surface area contributed by atoms with E-state index < -0.39 is 24.7 Å². The predicted octanol–water partition coefficient (Wildman–Crippen LogP) is 1.50. The van der Waals surface area contributed by atoms with E-state index in [9.17, 15) is 18.0 Å². The van der Waals surface area contributed by atoms with Crippen molar-refractivity contribution in [2.75, 3.05) is 39.3 Å². The Balaban J connectivity index is 1.66. The number of para-hydroxylation sites is 1. The molecule has 2 aliphatic heterocycles. The van der Waals surface area contributed by atoms with E-state index in [2.05, 4.69) is 10.6 Å². The summed E-state index contributed by atoms with van der Waals surface area (Å²) in [5.74, 6) is -0.217. The number of rotatable bonds is 4. The Morgan fingerprint density at radius 3 is 2.76 bits per heavy atom. The van der Waals surface area contributed by atoms with Crippen LogP contribution in [-0.2, 0) is 4.79 Å². The Labute approximate surface area is 144 Å². The fraction of sp³-hybridized carbons (Fsp3) is 0.588. The molecule has 0 saturated carbocycles. The van der Waals surface area contributed by atoms with Gasteiger partial charge >= 0.3 is 6.18 Å². The lowest BCUT2D eigenvalue weighted by atomic mass is 9.92. The topological polar surface area (TPSA) is 53.6 Å². The molecule has 0 bridgehead atoms. The minimum absolute atomic E-state index is 0.320. The third-order valence-corrected chi connectivity index (χ3v) is 4.71. The van der Waals surface area contributed by atoms with Crippen LogP contribution in [0.5, 0.6) is 5.75 Å². The zero-order valence-corrected chi connectivity index (χ0v) is 13.8. The van der Waals surface area contributed by atoms with E-state index in [1.165, 1.54) is 4.90 Å². The molecule has 1 aromatic carbocycles. The summed E-state index contributed by atoms with van der Waals surface area (Å²) in [4.78, 5) is 13.9. The molecule has 0 radical (unpaired) electrons. The van der Waals surface area contributed by atoms with Crippen LogP contribution in [0, 0.1) is 0 Å². The average molecular weight is 357 g/mol. The van der Waals surface area contributed by atoms with Crippen LogP contribution in [0.3, 0.4) is 0 Å². The van der Waals surface area contributed by atoms with Crippen LogP contribution in [0.25, 0.3) is 0 Å². The molecule has 1 aromatic rings. The second-order valence-electron chi connectivity index (χ2n) is 6.32. The summed E-state index contributed by atoms with van der Waals surface area (Å²) in [6.45, 7) is 1.64. The van der Waals surface area contributed by atoms with E-state index >= 15 is 0 Å². The second-order valence-corrected chi connectivity index (χ2v) is 6.32. The average Bonchev–Trinajstić information content (AvgIpc) is 2.61. The lowest BCUT2D eigenvalue weighted by Gasteiger charge is -2.36. The highest BCUT2D eigenvalue weighted by Gasteiger charge is 2.44. The maximum Gasteiger partial charge on any atom is 0.405 e. The van der Waals surface area contributed by atoms with Crippen molar-refractivity contribution in [3.05, 3.63) is 29.8 Å². The summed E-state index contributed by atoms with van der Waals surface area (Å²) in [7, 11) is 0. The zero-order valence-electron chi connectivity index (χ0n) is 13.8. The minimum atomic E-state index is -4.38. The highest BCUT2D eigenvalue weighted by molar-refractivity contribution is 5.84. The largest absolute Gasteiger partial charge is 0.493 e. The first-order valence-corrected chi connectivity index (χ1v) is 8.48. The number of piperazine rings is 1. The second kappa shape index (κ2) is 7.61. The lowest BCUT2D eigenvalue weighted by molar-refractivity contribution is -0.184. The van der Waals surface area contributed by atoms with E-state index in [-0.39, 0.29) is 5.91 Å². The van der Waals surface area contributed by atoms with Crippen molar-refractivity contribution in [1.82, 2.24) is 15.5 Å². The van der Waals surface area contributed by atoms with E-state index in [0.717, 1.165) is 5.56 Å². The summed E-state index contributed by atoms with van der Waals surface area (Å²) >= 11 is 0. The van der Waals surface area contributed by atoms with Crippen molar-refractivity contribution < 1.29 is 22.7 Å². The van der Waals surface area contributed by atoms with Gasteiger partial charge in [-0.2, -0.15) is 13.2 Å². The quantitative estimate of drug-likeness (QED) is 0.858. The molecule has 25 heavy (non-hydrogen) atoms. The van der Waals surface area contributed by atoms with Gasteiger partial charge in [-0.1, -0.05) is 18.2 Å². The normalized spacial score (nSPS) is 22.6. The van der Waals surface area contributed by atoms with Crippen LogP contribution >= 0.6 is 0 Å². The fourth-order valence-corrected chi connectivity index (χ4v) is 3.38. The van der Waals surface area contributed by atoms with Gasteiger partial charge in [0.05, 0.1) is 12.5 Å². The molecule has 138 valence electrons. The number of hydrogen-bond donors (Lipinski definition) is 2. The van der Waals surface area contributed by atoms with Crippen LogP contribution in [0.4, 0.5) is 13.2 Å². The van der Waals surface area contributed by atoms with Crippen molar-refractivity contribution in [2.45, 2.75) is 24.6 Å². The molecular formula is C17H22F3N3O2.